The monoisotopic (exact) mass is 238 g/mol. The number of rotatable bonds is 7. The van der Waals surface area contributed by atoms with Crippen LogP contribution in [-0.4, -0.2) is 6.43 Å². The fraction of sp³-hybridized carbons (Fsp3) is 0.333. The van der Waals surface area contributed by atoms with Crippen LogP contribution in [0.2, 0.25) is 0 Å². The van der Waals surface area contributed by atoms with Crippen molar-refractivity contribution in [3.05, 3.63) is 60.3 Å². The van der Waals surface area contributed by atoms with Crippen molar-refractivity contribution in [2.24, 2.45) is 0 Å². The Bertz CT molecular complexity index is 357. The first-order valence-corrected chi connectivity index (χ1v) is 5.56. The normalized spacial score (nSPS) is 12.8. The molecule has 0 heterocycles. The molecule has 0 N–H and O–H groups in total. The van der Waals surface area contributed by atoms with Crippen LogP contribution in [-0.2, 0) is 0 Å². The van der Waals surface area contributed by atoms with Crippen molar-refractivity contribution in [1.82, 2.24) is 0 Å². The molecule has 0 rings (SSSR count). The van der Waals surface area contributed by atoms with E-state index in [4.69, 9.17) is 0 Å². The number of hydrogen-bond donors (Lipinski definition) is 0. The standard InChI is InChI=1S/C15H20F2/c1-6-11(3)8-9-14(7-2)12(4)10-13(5)15(16)17/h7-9,15H,2,4-6,10H2,1,3H3/b11-8+,14-9+. The first-order valence-electron chi connectivity index (χ1n) is 5.56. The van der Waals surface area contributed by atoms with Gasteiger partial charge in [0.1, 0.15) is 0 Å². The third-order valence-electron chi connectivity index (χ3n) is 2.48. The lowest BCUT2D eigenvalue weighted by molar-refractivity contribution is 0.187. The first kappa shape index (κ1) is 15.6. The van der Waals surface area contributed by atoms with E-state index in [2.05, 4.69) is 26.7 Å². The maximum Gasteiger partial charge on any atom is 0.259 e. The van der Waals surface area contributed by atoms with Crippen LogP contribution in [0.15, 0.2) is 60.3 Å². The molecule has 0 saturated carbocycles. The van der Waals surface area contributed by atoms with E-state index in [1.807, 2.05) is 19.1 Å². The Labute approximate surface area is 103 Å². The second kappa shape index (κ2) is 7.77. The molecule has 0 amide bonds. The molecule has 0 spiro atoms. The predicted molar refractivity (Wildman–Crippen MR) is 71.2 cm³/mol. The summed E-state index contributed by atoms with van der Waals surface area (Å²) in [7, 11) is 0. The van der Waals surface area contributed by atoms with E-state index < -0.39 is 6.43 Å². The highest BCUT2D eigenvalue weighted by molar-refractivity contribution is 5.42. The third-order valence-corrected chi connectivity index (χ3v) is 2.48. The lowest BCUT2D eigenvalue weighted by atomic mass is 9.99. The van der Waals surface area contributed by atoms with Gasteiger partial charge in [0.05, 0.1) is 0 Å². The fourth-order valence-electron chi connectivity index (χ4n) is 1.13. The molecular weight excluding hydrogens is 218 g/mol. The van der Waals surface area contributed by atoms with Crippen LogP contribution in [0.3, 0.4) is 0 Å². The van der Waals surface area contributed by atoms with E-state index in [-0.39, 0.29) is 12.0 Å². The molecule has 0 saturated heterocycles. The van der Waals surface area contributed by atoms with Crippen molar-refractivity contribution in [2.75, 3.05) is 0 Å². The van der Waals surface area contributed by atoms with Gasteiger partial charge in [0.25, 0.3) is 6.43 Å². The summed E-state index contributed by atoms with van der Waals surface area (Å²) in [6.07, 6.45) is 4.00. The second-order valence-corrected chi connectivity index (χ2v) is 3.93. The van der Waals surface area contributed by atoms with Crippen molar-refractivity contribution in [3.63, 3.8) is 0 Å². The highest BCUT2D eigenvalue weighted by atomic mass is 19.3. The quantitative estimate of drug-likeness (QED) is 0.421. The van der Waals surface area contributed by atoms with Gasteiger partial charge in [-0.05, 0) is 36.5 Å². The zero-order valence-corrected chi connectivity index (χ0v) is 10.6. The SMILES string of the molecule is C=C/C(=C\C=C(/C)CC)C(=C)CC(=C)C(F)F. The summed E-state index contributed by atoms with van der Waals surface area (Å²) < 4.78 is 24.7. The summed E-state index contributed by atoms with van der Waals surface area (Å²) in [4.78, 5) is 0. The molecule has 0 aliphatic carbocycles. The van der Waals surface area contributed by atoms with Crippen molar-refractivity contribution >= 4 is 0 Å². The average Bonchev–Trinajstić information content (AvgIpc) is 2.29. The van der Waals surface area contributed by atoms with Crippen molar-refractivity contribution in [2.45, 2.75) is 33.1 Å². The van der Waals surface area contributed by atoms with Crippen LogP contribution in [0.4, 0.5) is 8.78 Å². The molecule has 0 atom stereocenters. The summed E-state index contributed by atoms with van der Waals surface area (Å²) >= 11 is 0. The third kappa shape index (κ3) is 6.00. The van der Waals surface area contributed by atoms with Gasteiger partial charge >= 0.3 is 0 Å². The van der Waals surface area contributed by atoms with Gasteiger partial charge in [0.2, 0.25) is 0 Å². The molecule has 0 aromatic heterocycles. The van der Waals surface area contributed by atoms with Gasteiger partial charge < -0.3 is 0 Å². The molecule has 94 valence electrons. The zero-order valence-electron chi connectivity index (χ0n) is 10.6. The number of hydrogen-bond acceptors (Lipinski definition) is 0. The highest BCUT2D eigenvalue weighted by Gasteiger charge is 2.10. The largest absolute Gasteiger partial charge is 0.259 e. The minimum absolute atomic E-state index is 0.106. The second-order valence-electron chi connectivity index (χ2n) is 3.93. The van der Waals surface area contributed by atoms with E-state index in [1.54, 1.807) is 6.08 Å². The molecule has 0 aromatic carbocycles. The summed E-state index contributed by atoms with van der Waals surface area (Å²) in [6, 6.07) is 0. The number of alkyl halides is 2. The van der Waals surface area contributed by atoms with Gasteiger partial charge in [0, 0.05) is 0 Å². The summed E-state index contributed by atoms with van der Waals surface area (Å²) in [6.45, 7) is 14.9. The Morgan fingerprint density at radius 2 is 1.82 bits per heavy atom. The molecule has 0 aromatic rings. The lowest BCUT2D eigenvalue weighted by Crippen LogP contribution is -1.97. The van der Waals surface area contributed by atoms with Gasteiger partial charge in [-0.25, -0.2) is 8.78 Å². The van der Waals surface area contributed by atoms with Crippen LogP contribution in [0.5, 0.6) is 0 Å². The molecule has 2 heteroatoms. The molecule has 0 bridgehead atoms. The maximum absolute atomic E-state index is 12.3. The van der Waals surface area contributed by atoms with Crippen LogP contribution in [0, 0.1) is 0 Å². The van der Waals surface area contributed by atoms with Crippen molar-refractivity contribution < 1.29 is 8.78 Å². The Kier molecular flexibility index (Phi) is 7.11. The zero-order chi connectivity index (χ0) is 13.4. The minimum atomic E-state index is -2.49. The van der Waals surface area contributed by atoms with E-state index in [0.29, 0.717) is 5.57 Å². The van der Waals surface area contributed by atoms with Gasteiger partial charge in [-0.1, -0.05) is 50.5 Å². The molecule has 0 unspecified atom stereocenters. The lowest BCUT2D eigenvalue weighted by Gasteiger charge is -2.08. The Balaban J connectivity index is 4.73. The molecule has 0 radical (unpaired) electrons. The number of allylic oxidation sites excluding steroid dienone is 7. The molecule has 0 aliphatic heterocycles. The maximum atomic E-state index is 12.3. The van der Waals surface area contributed by atoms with Crippen LogP contribution >= 0.6 is 0 Å². The summed E-state index contributed by atoms with van der Waals surface area (Å²) in [5.41, 5.74) is 2.49. The fourth-order valence-corrected chi connectivity index (χ4v) is 1.13. The van der Waals surface area contributed by atoms with E-state index in [1.165, 1.54) is 5.57 Å². The predicted octanol–water partition coefficient (Wildman–Crippen LogP) is 5.22. The van der Waals surface area contributed by atoms with Gasteiger partial charge in [-0.3, -0.25) is 0 Å². The van der Waals surface area contributed by atoms with E-state index in [9.17, 15) is 8.78 Å². The molecule has 17 heavy (non-hydrogen) atoms. The van der Waals surface area contributed by atoms with Gasteiger partial charge in [-0.2, -0.15) is 0 Å². The first-order chi connectivity index (χ1) is 7.92. The molecule has 0 aliphatic rings. The average molecular weight is 238 g/mol. The molecule has 0 nitrogen and oxygen atoms in total. The van der Waals surface area contributed by atoms with Crippen molar-refractivity contribution in [1.29, 1.82) is 0 Å². The van der Waals surface area contributed by atoms with E-state index in [0.717, 1.165) is 12.0 Å². The molecule has 0 fully saturated rings. The van der Waals surface area contributed by atoms with Crippen LogP contribution < -0.4 is 0 Å². The van der Waals surface area contributed by atoms with Crippen LogP contribution in [0.1, 0.15) is 26.7 Å². The van der Waals surface area contributed by atoms with E-state index >= 15 is 0 Å². The molecular formula is C15H20F2. The Morgan fingerprint density at radius 1 is 1.24 bits per heavy atom. The highest BCUT2D eigenvalue weighted by Crippen LogP contribution is 2.21. The van der Waals surface area contributed by atoms with Crippen molar-refractivity contribution in [3.8, 4) is 0 Å². The Morgan fingerprint density at radius 3 is 2.24 bits per heavy atom. The topological polar surface area (TPSA) is 0 Å². The smallest absolute Gasteiger partial charge is 0.205 e. The Hall–Kier alpha value is -1.44. The summed E-state index contributed by atoms with van der Waals surface area (Å²) in [5.74, 6) is 0. The summed E-state index contributed by atoms with van der Waals surface area (Å²) in [5, 5.41) is 0. The minimum Gasteiger partial charge on any atom is -0.205 e. The number of halogens is 2. The van der Waals surface area contributed by atoms with Gasteiger partial charge in [0.15, 0.2) is 0 Å². The van der Waals surface area contributed by atoms with Crippen LogP contribution in [0.25, 0.3) is 0 Å². The van der Waals surface area contributed by atoms with Gasteiger partial charge in [-0.15, -0.1) is 0 Å².